The van der Waals surface area contributed by atoms with E-state index in [9.17, 15) is 19.2 Å². The van der Waals surface area contributed by atoms with E-state index in [1.807, 2.05) is 20.8 Å². The number of hydrogen-bond donors (Lipinski definition) is 1. The fourth-order valence-corrected chi connectivity index (χ4v) is 2.61. The van der Waals surface area contributed by atoms with Gasteiger partial charge >= 0.3 is 24.1 Å². The van der Waals surface area contributed by atoms with Crippen LogP contribution < -0.4 is 15.2 Å². The van der Waals surface area contributed by atoms with E-state index in [1.165, 1.54) is 12.1 Å². The second kappa shape index (κ2) is 13.3. The van der Waals surface area contributed by atoms with E-state index in [0.717, 1.165) is 0 Å². The molecule has 39 heavy (non-hydrogen) atoms. The van der Waals surface area contributed by atoms with Crippen molar-refractivity contribution in [2.45, 2.75) is 101 Å². The Morgan fingerprint density at radius 1 is 0.769 bits per heavy atom. The van der Waals surface area contributed by atoms with Gasteiger partial charge in [0.15, 0.2) is 11.5 Å². The van der Waals surface area contributed by atoms with Crippen LogP contribution in [0.3, 0.4) is 0 Å². The third kappa shape index (κ3) is 12.1. The van der Waals surface area contributed by atoms with Crippen LogP contribution in [0.25, 0.3) is 0 Å². The SMILES string of the molecule is C[C@H](OC(=O)OCC(C)(C)C)[C@H](C)OC(=O)[C@@H](N)Cc1ccc(OC(=O)C(C)(C)C)c(OC(=O)C(C)(C)C)c1. The summed E-state index contributed by atoms with van der Waals surface area (Å²) in [6.07, 6.45) is -2.36. The molecule has 10 heteroatoms. The highest BCUT2D eigenvalue weighted by Crippen LogP contribution is 2.33. The van der Waals surface area contributed by atoms with Crippen LogP contribution in [-0.2, 0) is 35.0 Å². The van der Waals surface area contributed by atoms with Gasteiger partial charge < -0.3 is 29.4 Å². The van der Waals surface area contributed by atoms with Gasteiger partial charge in [0.25, 0.3) is 0 Å². The van der Waals surface area contributed by atoms with Crippen LogP contribution in [-0.4, -0.2) is 48.9 Å². The maximum absolute atomic E-state index is 12.6. The maximum atomic E-state index is 12.6. The van der Waals surface area contributed by atoms with Gasteiger partial charge in [0, 0.05) is 0 Å². The van der Waals surface area contributed by atoms with Crippen molar-refractivity contribution in [1.82, 2.24) is 0 Å². The fraction of sp³-hybridized carbons (Fsp3) is 0.655. The minimum atomic E-state index is -1.07. The molecule has 0 radical (unpaired) electrons. The van der Waals surface area contributed by atoms with Crippen LogP contribution in [0.4, 0.5) is 4.79 Å². The Morgan fingerprint density at radius 2 is 1.26 bits per heavy atom. The molecule has 0 saturated heterocycles. The summed E-state index contributed by atoms with van der Waals surface area (Å²) >= 11 is 0. The largest absolute Gasteiger partial charge is 0.508 e. The van der Waals surface area contributed by atoms with Crippen molar-refractivity contribution in [3.05, 3.63) is 23.8 Å². The van der Waals surface area contributed by atoms with Crippen LogP contribution in [0.2, 0.25) is 0 Å². The second-order valence-electron chi connectivity index (χ2n) is 12.9. The summed E-state index contributed by atoms with van der Waals surface area (Å²) < 4.78 is 26.7. The highest BCUT2D eigenvalue weighted by atomic mass is 16.7. The Labute approximate surface area is 231 Å². The van der Waals surface area contributed by atoms with Crippen molar-refractivity contribution < 1.29 is 42.9 Å². The Balaban J connectivity index is 2.93. The lowest BCUT2D eigenvalue weighted by Crippen LogP contribution is -2.39. The zero-order valence-corrected chi connectivity index (χ0v) is 25.1. The molecule has 0 amide bonds. The van der Waals surface area contributed by atoms with Crippen molar-refractivity contribution >= 4 is 24.1 Å². The van der Waals surface area contributed by atoms with E-state index in [0.29, 0.717) is 5.56 Å². The zero-order chi connectivity index (χ0) is 30.3. The molecule has 10 nitrogen and oxygen atoms in total. The third-order valence-electron chi connectivity index (χ3n) is 5.26. The molecule has 0 heterocycles. The molecule has 0 aliphatic heterocycles. The van der Waals surface area contributed by atoms with E-state index in [2.05, 4.69) is 0 Å². The molecule has 0 aliphatic rings. The van der Waals surface area contributed by atoms with Crippen molar-refractivity contribution in [2.75, 3.05) is 6.61 Å². The number of carbonyl (C=O) groups excluding carboxylic acids is 4. The quantitative estimate of drug-likeness (QED) is 0.330. The van der Waals surface area contributed by atoms with E-state index in [-0.39, 0.29) is 29.9 Å². The Bertz CT molecular complexity index is 1030. The molecule has 0 aromatic heterocycles. The van der Waals surface area contributed by atoms with Gasteiger partial charge in [0.2, 0.25) is 0 Å². The van der Waals surface area contributed by atoms with Crippen molar-refractivity contribution in [2.24, 2.45) is 22.0 Å². The van der Waals surface area contributed by atoms with E-state index >= 15 is 0 Å². The number of nitrogens with two attached hydrogens (primary N) is 1. The van der Waals surface area contributed by atoms with Crippen molar-refractivity contribution in [3.8, 4) is 11.5 Å². The minimum Gasteiger partial charge on any atom is -0.458 e. The Hall–Kier alpha value is -3.14. The summed E-state index contributed by atoms with van der Waals surface area (Å²) in [5.41, 5.74) is 4.83. The van der Waals surface area contributed by atoms with Gasteiger partial charge in [0.05, 0.1) is 17.4 Å². The minimum absolute atomic E-state index is 0.0368. The lowest BCUT2D eigenvalue weighted by atomic mass is 9.97. The van der Waals surface area contributed by atoms with Crippen LogP contribution in [0.5, 0.6) is 11.5 Å². The third-order valence-corrected chi connectivity index (χ3v) is 5.26. The normalized spacial score (nSPS) is 14.5. The number of ether oxygens (including phenoxy) is 5. The first-order valence-corrected chi connectivity index (χ1v) is 13.0. The monoisotopic (exact) mass is 551 g/mol. The highest BCUT2D eigenvalue weighted by Gasteiger charge is 2.29. The topological polar surface area (TPSA) is 140 Å². The predicted molar refractivity (Wildman–Crippen MR) is 145 cm³/mol. The summed E-state index contributed by atoms with van der Waals surface area (Å²) in [5, 5.41) is 0. The predicted octanol–water partition coefficient (Wildman–Crippen LogP) is 4.98. The molecule has 0 unspecified atom stereocenters. The maximum Gasteiger partial charge on any atom is 0.508 e. The zero-order valence-electron chi connectivity index (χ0n) is 25.1. The number of carbonyl (C=O) groups is 4. The number of benzene rings is 1. The van der Waals surface area contributed by atoms with Gasteiger partial charge in [-0.25, -0.2) is 4.79 Å². The standard InChI is InChI=1S/C29H45NO9/c1-17(18(2)37-26(34)35-16-27(3,4)5)36-23(31)20(30)14-19-12-13-21(38-24(32)28(6,7)8)22(15-19)39-25(33)29(9,10)11/h12-13,15,17-18,20H,14,16,30H2,1-11H3/t17-,18-,20-/m0/s1. The first-order valence-electron chi connectivity index (χ1n) is 13.0. The molecule has 1 aromatic carbocycles. The van der Waals surface area contributed by atoms with Gasteiger partial charge in [-0.15, -0.1) is 0 Å². The van der Waals surface area contributed by atoms with Crippen LogP contribution in [0, 0.1) is 16.2 Å². The molecule has 3 atom stereocenters. The summed E-state index contributed by atoms with van der Waals surface area (Å²) in [5.74, 6) is -1.63. The molecule has 1 rings (SSSR count). The number of esters is 3. The van der Waals surface area contributed by atoms with Crippen LogP contribution >= 0.6 is 0 Å². The highest BCUT2D eigenvalue weighted by molar-refractivity contribution is 5.81. The van der Waals surface area contributed by atoms with Crippen LogP contribution in [0.15, 0.2) is 18.2 Å². The molecule has 0 spiro atoms. The van der Waals surface area contributed by atoms with E-state index < -0.39 is 53.1 Å². The number of rotatable bonds is 9. The summed E-state index contributed by atoms with van der Waals surface area (Å²) in [7, 11) is 0. The summed E-state index contributed by atoms with van der Waals surface area (Å²) in [6.45, 7) is 19.3. The fourth-order valence-electron chi connectivity index (χ4n) is 2.61. The lowest BCUT2D eigenvalue weighted by molar-refractivity contribution is -0.155. The van der Waals surface area contributed by atoms with Gasteiger partial charge in [-0.05, 0) is 84.9 Å². The smallest absolute Gasteiger partial charge is 0.458 e. The summed E-state index contributed by atoms with van der Waals surface area (Å²) in [4.78, 5) is 49.6. The van der Waals surface area contributed by atoms with Crippen molar-refractivity contribution in [1.29, 1.82) is 0 Å². The molecule has 2 N–H and O–H groups in total. The van der Waals surface area contributed by atoms with Gasteiger partial charge in [-0.2, -0.15) is 0 Å². The van der Waals surface area contributed by atoms with Gasteiger partial charge in [0.1, 0.15) is 18.2 Å². The van der Waals surface area contributed by atoms with Crippen LogP contribution in [0.1, 0.15) is 81.7 Å². The van der Waals surface area contributed by atoms with Crippen molar-refractivity contribution in [3.63, 3.8) is 0 Å². The lowest BCUT2D eigenvalue weighted by Gasteiger charge is -2.23. The average molecular weight is 552 g/mol. The molecular weight excluding hydrogens is 506 g/mol. The van der Waals surface area contributed by atoms with Gasteiger partial charge in [-0.1, -0.05) is 26.8 Å². The number of hydrogen-bond acceptors (Lipinski definition) is 10. The second-order valence-corrected chi connectivity index (χ2v) is 12.9. The molecule has 0 saturated carbocycles. The molecule has 0 bridgehead atoms. The molecule has 0 fully saturated rings. The molecular formula is C29H45NO9. The summed E-state index contributed by atoms with van der Waals surface area (Å²) in [6, 6.07) is 3.54. The van der Waals surface area contributed by atoms with E-state index in [4.69, 9.17) is 29.4 Å². The first-order chi connectivity index (χ1) is 17.6. The van der Waals surface area contributed by atoms with Gasteiger partial charge in [-0.3, -0.25) is 14.4 Å². The Kier molecular flexibility index (Phi) is 11.5. The molecule has 0 aliphatic carbocycles. The Morgan fingerprint density at radius 3 is 1.74 bits per heavy atom. The molecule has 220 valence electrons. The first kappa shape index (κ1) is 33.9. The van der Waals surface area contributed by atoms with E-state index in [1.54, 1.807) is 61.5 Å². The molecule has 1 aromatic rings. The average Bonchev–Trinajstić information content (AvgIpc) is 2.77.